The molecule has 0 fully saturated rings. The molecule has 0 bridgehead atoms. The van der Waals surface area contributed by atoms with Gasteiger partial charge in [0, 0.05) is 42.0 Å². The highest BCUT2D eigenvalue weighted by atomic mass is 19.1. The van der Waals surface area contributed by atoms with Crippen LogP contribution in [0.2, 0.25) is 0 Å². The normalized spacial score (nSPS) is 11.2. The first-order valence-corrected chi connectivity index (χ1v) is 9.85. The maximum absolute atomic E-state index is 14.0. The lowest BCUT2D eigenvalue weighted by atomic mass is 10.0. The minimum Gasteiger partial charge on any atom is -0.503 e. The van der Waals surface area contributed by atoms with Crippen LogP contribution in [0.1, 0.15) is 23.2 Å². The van der Waals surface area contributed by atoms with Gasteiger partial charge in [-0.1, -0.05) is 12.1 Å². The number of aryl methyl sites for hydroxylation is 3. The van der Waals surface area contributed by atoms with Gasteiger partial charge in [-0.2, -0.15) is 0 Å². The number of halogens is 2. The fourth-order valence-electron chi connectivity index (χ4n) is 3.66. The van der Waals surface area contributed by atoms with Gasteiger partial charge in [-0.15, -0.1) is 0 Å². The molecule has 31 heavy (non-hydrogen) atoms. The van der Waals surface area contributed by atoms with E-state index in [0.29, 0.717) is 19.3 Å². The number of aromatic nitrogens is 2. The van der Waals surface area contributed by atoms with Gasteiger partial charge in [-0.05, 0) is 54.7 Å². The molecule has 0 spiro atoms. The molecule has 0 saturated heterocycles. The zero-order valence-electron chi connectivity index (χ0n) is 16.6. The summed E-state index contributed by atoms with van der Waals surface area (Å²) in [6.45, 7) is 0. The zero-order chi connectivity index (χ0) is 22.0. The Bertz CT molecular complexity index is 1230. The van der Waals surface area contributed by atoms with Crippen molar-refractivity contribution >= 4 is 16.9 Å². The molecule has 2 aromatic heterocycles. The molecule has 0 radical (unpaired) electrons. The molecule has 0 aliphatic heterocycles. The van der Waals surface area contributed by atoms with Crippen molar-refractivity contribution in [2.75, 3.05) is 0 Å². The number of carbonyl (C=O) groups is 1. The lowest BCUT2D eigenvalue weighted by molar-refractivity contribution is -0.136. The van der Waals surface area contributed by atoms with E-state index in [1.165, 1.54) is 0 Å². The van der Waals surface area contributed by atoms with Crippen LogP contribution in [0.3, 0.4) is 0 Å². The molecule has 2 aromatic carbocycles. The SMILES string of the molecule is O=C(O)CCc1ccc2c(c1)c(CCc1ccccn1)cn2-c1cc(F)c(O)c(F)c1. The fraction of sp³-hybridized carbons (Fsp3) is 0.167. The van der Waals surface area contributed by atoms with Crippen molar-refractivity contribution in [3.8, 4) is 11.4 Å². The average Bonchev–Trinajstić information content (AvgIpc) is 3.13. The Morgan fingerprint density at radius 1 is 1.00 bits per heavy atom. The maximum Gasteiger partial charge on any atom is 0.303 e. The van der Waals surface area contributed by atoms with E-state index in [9.17, 15) is 18.7 Å². The van der Waals surface area contributed by atoms with Crippen LogP contribution >= 0.6 is 0 Å². The molecule has 0 amide bonds. The summed E-state index contributed by atoms with van der Waals surface area (Å²) in [6, 6.07) is 13.4. The van der Waals surface area contributed by atoms with E-state index in [2.05, 4.69) is 4.98 Å². The van der Waals surface area contributed by atoms with Crippen molar-refractivity contribution in [3.05, 3.63) is 89.4 Å². The van der Waals surface area contributed by atoms with Crippen molar-refractivity contribution in [3.63, 3.8) is 0 Å². The number of nitrogens with zero attached hydrogens (tertiary/aromatic N) is 2. The molecule has 0 unspecified atom stereocenters. The summed E-state index contributed by atoms with van der Waals surface area (Å²) in [5, 5.41) is 19.3. The van der Waals surface area contributed by atoms with Gasteiger partial charge >= 0.3 is 5.97 Å². The summed E-state index contributed by atoms with van der Waals surface area (Å²) >= 11 is 0. The van der Waals surface area contributed by atoms with Crippen LogP contribution in [0.4, 0.5) is 8.78 Å². The average molecular weight is 422 g/mol. The van der Waals surface area contributed by atoms with Crippen molar-refractivity contribution in [2.24, 2.45) is 0 Å². The second-order valence-corrected chi connectivity index (χ2v) is 7.35. The number of fused-ring (bicyclic) bond motifs is 1. The van der Waals surface area contributed by atoms with E-state index >= 15 is 0 Å². The number of benzene rings is 2. The Kier molecular flexibility index (Phi) is 5.66. The second-order valence-electron chi connectivity index (χ2n) is 7.35. The monoisotopic (exact) mass is 422 g/mol. The Hall–Kier alpha value is -3.74. The lowest BCUT2D eigenvalue weighted by Crippen LogP contribution is -1.98. The molecule has 158 valence electrons. The third-order valence-electron chi connectivity index (χ3n) is 5.24. The standard InChI is InChI=1S/C24H20F2N2O3/c25-20-12-18(13-21(26)24(20)31)28-14-16(6-7-17-3-1-2-10-27-17)19-11-15(4-8-22(19)28)5-9-23(29)30/h1-4,8,10-14,31H,5-7,9H2,(H,29,30). The number of hydrogen-bond donors (Lipinski definition) is 2. The number of aromatic hydroxyl groups is 1. The summed E-state index contributed by atoms with van der Waals surface area (Å²) in [7, 11) is 0. The van der Waals surface area contributed by atoms with Crippen LogP contribution < -0.4 is 0 Å². The third kappa shape index (κ3) is 4.40. The number of hydrogen-bond acceptors (Lipinski definition) is 3. The predicted octanol–water partition coefficient (Wildman–Crippen LogP) is 4.81. The van der Waals surface area contributed by atoms with Crippen molar-refractivity contribution in [1.29, 1.82) is 0 Å². The highest BCUT2D eigenvalue weighted by molar-refractivity contribution is 5.86. The number of rotatable bonds is 7. The molecule has 2 N–H and O–H groups in total. The quantitative estimate of drug-likeness (QED) is 0.448. The summed E-state index contributed by atoms with van der Waals surface area (Å²) in [5.41, 5.74) is 3.73. The molecular weight excluding hydrogens is 402 g/mol. The smallest absolute Gasteiger partial charge is 0.303 e. The van der Waals surface area contributed by atoms with Gasteiger partial charge < -0.3 is 14.8 Å². The van der Waals surface area contributed by atoms with Gasteiger partial charge in [0.1, 0.15) is 0 Å². The maximum atomic E-state index is 14.0. The van der Waals surface area contributed by atoms with Gasteiger partial charge in [0.25, 0.3) is 0 Å². The van der Waals surface area contributed by atoms with E-state index in [-0.39, 0.29) is 12.1 Å². The Labute approximate surface area is 177 Å². The molecule has 0 aliphatic carbocycles. The van der Waals surface area contributed by atoms with Crippen LogP contribution in [-0.4, -0.2) is 25.7 Å². The molecule has 5 nitrogen and oxygen atoms in total. The summed E-state index contributed by atoms with van der Waals surface area (Å²) in [4.78, 5) is 15.3. The summed E-state index contributed by atoms with van der Waals surface area (Å²) < 4.78 is 29.6. The first-order chi connectivity index (χ1) is 14.9. The number of carboxylic acids is 1. The minimum atomic E-state index is -1.04. The van der Waals surface area contributed by atoms with Crippen molar-refractivity contribution in [2.45, 2.75) is 25.7 Å². The second kappa shape index (κ2) is 8.55. The minimum absolute atomic E-state index is 0.0177. The number of aliphatic carboxylic acids is 1. The summed E-state index contributed by atoms with van der Waals surface area (Å²) in [5.74, 6) is -3.95. The first-order valence-electron chi connectivity index (χ1n) is 9.85. The predicted molar refractivity (Wildman–Crippen MR) is 112 cm³/mol. The highest BCUT2D eigenvalue weighted by Gasteiger charge is 2.15. The Morgan fingerprint density at radius 3 is 2.45 bits per heavy atom. The number of carboxylic acid groups (broad SMARTS) is 1. The van der Waals surface area contributed by atoms with Crippen LogP contribution in [0.15, 0.2) is 60.9 Å². The van der Waals surface area contributed by atoms with E-state index < -0.39 is 23.4 Å². The van der Waals surface area contributed by atoms with Gasteiger partial charge in [-0.25, -0.2) is 8.78 Å². The Balaban J connectivity index is 1.78. The number of phenolic OH excluding ortho intramolecular Hbond substituents is 1. The third-order valence-corrected chi connectivity index (χ3v) is 5.24. The van der Waals surface area contributed by atoms with E-state index in [1.54, 1.807) is 10.8 Å². The van der Waals surface area contributed by atoms with E-state index in [4.69, 9.17) is 5.11 Å². The van der Waals surface area contributed by atoms with Gasteiger partial charge in [-0.3, -0.25) is 9.78 Å². The highest BCUT2D eigenvalue weighted by Crippen LogP contribution is 2.30. The molecule has 4 rings (SSSR count). The number of pyridine rings is 1. The molecular formula is C24H20F2N2O3. The van der Waals surface area contributed by atoms with Gasteiger partial charge in [0.2, 0.25) is 0 Å². The lowest BCUT2D eigenvalue weighted by Gasteiger charge is -2.08. The fourth-order valence-corrected chi connectivity index (χ4v) is 3.66. The number of phenols is 1. The van der Waals surface area contributed by atoms with Crippen LogP contribution in [0.25, 0.3) is 16.6 Å². The van der Waals surface area contributed by atoms with E-state index in [1.807, 2.05) is 42.6 Å². The van der Waals surface area contributed by atoms with Crippen LogP contribution in [-0.2, 0) is 24.1 Å². The van der Waals surface area contributed by atoms with Crippen LogP contribution in [0.5, 0.6) is 5.75 Å². The molecule has 2 heterocycles. The first kappa shape index (κ1) is 20.5. The largest absolute Gasteiger partial charge is 0.503 e. The van der Waals surface area contributed by atoms with Crippen molar-refractivity contribution < 1.29 is 23.8 Å². The van der Waals surface area contributed by atoms with Crippen LogP contribution in [0, 0.1) is 11.6 Å². The molecule has 0 saturated carbocycles. The molecule has 4 aromatic rings. The van der Waals surface area contributed by atoms with E-state index in [0.717, 1.165) is 39.9 Å². The zero-order valence-corrected chi connectivity index (χ0v) is 16.6. The topological polar surface area (TPSA) is 75.3 Å². The molecule has 0 atom stereocenters. The van der Waals surface area contributed by atoms with Crippen molar-refractivity contribution in [1.82, 2.24) is 9.55 Å². The molecule has 0 aliphatic rings. The van der Waals surface area contributed by atoms with Gasteiger partial charge in [0.05, 0.1) is 11.2 Å². The summed E-state index contributed by atoms with van der Waals surface area (Å²) in [6.07, 6.45) is 5.27. The van der Waals surface area contributed by atoms with Gasteiger partial charge in [0.15, 0.2) is 17.4 Å². The Morgan fingerprint density at radius 2 is 1.77 bits per heavy atom. The molecule has 7 heteroatoms.